The van der Waals surface area contributed by atoms with Gasteiger partial charge in [-0.1, -0.05) is 36.4 Å². The molecule has 0 aliphatic carbocycles. The van der Waals surface area contributed by atoms with E-state index in [4.69, 9.17) is 4.74 Å². The molecule has 3 aromatic rings. The zero-order valence-corrected chi connectivity index (χ0v) is 15.5. The highest BCUT2D eigenvalue weighted by Gasteiger charge is 2.10. The lowest BCUT2D eigenvalue weighted by Gasteiger charge is -2.08. The Kier molecular flexibility index (Phi) is 5.96. The number of carbonyl (C=O) groups is 2. The summed E-state index contributed by atoms with van der Waals surface area (Å²) in [5.41, 5.74) is 2.35. The molecular weight excluding hydrogens is 396 g/mol. The Morgan fingerprint density at radius 2 is 1.77 bits per heavy atom. The molecule has 0 bridgehead atoms. The predicted octanol–water partition coefficient (Wildman–Crippen LogP) is 4.11. The Labute approximate surface area is 159 Å². The Morgan fingerprint density at radius 1 is 1.00 bits per heavy atom. The molecule has 0 unspecified atom stereocenters. The number of para-hydroxylation sites is 2. The Bertz CT molecular complexity index is 943. The summed E-state index contributed by atoms with van der Waals surface area (Å²) in [4.78, 5) is 28.2. The molecule has 6 heteroatoms. The van der Waals surface area contributed by atoms with Crippen molar-refractivity contribution in [2.45, 2.75) is 12.8 Å². The Morgan fingerprint density at radius 3 is 2.62 bits per heavy atom. The van der Waals surface area contributed by atoms with Gasteiger partial charge in [-0.15, -0.1) is 0 Å². The molecule has 0 saturated heterocycles. The summed E-state index contributed by atoms with van der Waals surface area (Å²) in [7, 11) is 0. The molecule has 0 saturated carbocycles. The fourth-order valence-electron chi connectivity index (χ4n) is 2.44. The molecule has 0 radical (unpaired) electrons. The molecule has 1 aromatic heterocycles. The monoisotopic (exact) mass is 412 g/mol. The van der Waals surface area contributed by atoms with E-state index in [1.165, 1.54) is 0 Å². The summed E-state index contributed by atoms with van der Waals surface area (Å²) < 4.78 is 5.80. The number of carbonyl (C=O) groups excluding carboxylic acids is 2. The van der Waals surface area contributed by atoms with Gasteiger partial charge in [0, 0.05) is 22.0 Å². The number of hydrogen-bond donors (Lipinski definition) is 1. The van der Waals surface area contributed by atoms with E-state index >= 15 is 0 Å². The van der Waals surface area contributed by atoms with E-state index in [1.54, 1.807) is 6.07 Å². The van der Waals surface area contributed by atoms with Crippen molar-refractivity contribution in [2.24, 2.45) is 0 Å². The summed E-state index contributed by atoms with van der Waals surface area (Å²) in [5.74, 6) is -0.809. The van der Waals surface area contributed by atoms with Gasteiger partial charge in [0.1, 0.15) is 0 Å². The van der Waals surface area contributed by atoms with Crippen LogP contribution in [-0.4, -0.2) is 23.5 Å². The third-order valence-electron chi connectivity index (χ3n) is 3.75. The van der Waals surface area contributed by atoms with Crippen LogP contribution in [0, 0.1) is 0 Å². The standard InChI is InChI=1S/C20H17BrN2O3/c21-16-6-2-4-8-18(16)23-19(24)13-26-20(25)12-11-15-10-9-14-5-1-3-7-17(14)22-15/h1-10H,11-13H2,(H,23,24). The topological polar surface area (TPSA) is 68.3 Å². The van der Waals surface area contributed by atoms with Crippen LogP contribution in [-0.2, 0) is 20.7 Å². The Balaban J connectivity index is 1.46. The van der Waals surface area contributed by atoms with Crippen molar-refractivity contribution < 1.29 is 14.3 Å². The van der Waals surface area contributed by atoms with Crippen LogP contribution in [0.3, 0.4) is 0 Å². The van der Waals surface area contributed by atoms with Crippen LogP contribution in [0.1, 0.15) is 12.1 Å². The second-order valence-corrected chi connectivity index (χ2v) is 6.54. The first-order valence-corrected chi connectivity index (χ1v) is 8.96. The number of aromatic nitrogens is 1. The molecule has 1 heterocycles. The molecular formula is C20H17BrN2O3. The summed E-state index contributed by atoms with van der Waals surface area (Å²) in [6, 6.07) is 18.9. The van der Waals surface area contributed by atoms with Gasteiger partial charge < -0.3 is 10.1 Å². The van der Waals surface area contributed by atoms with Crippen molar-refractivity contribution in [2.75, 3.05) is 11.9 Å². The van der Waals surface area contributed by atoms with E-state index in [0.717, 1.165) is 21.1 Å². The second-order valence-electron chi connectivity index (χ2n) is 5.68. The van der Waals surface area contributed by atoms with E-state index in [-0.39, 0.29) is 18.9 Å². The zero-order chi connectivity index (χ0) is 18.4. The highest BCUT2D eigenvalue weighted by Crippen LogP contribution is 2.21. The maximum absolute atomic E-state index is 11.9. The number of aryl methyl sites for hydroxylation is 1. The van der Waals surface area contributed by atoms with Crippen molar-refractivity contribution in [1.82, 2.24) is 4.98 Å². The fraction of sp³-hybridized carbons (Fsp3) is 0.150. The number of halogens is 1. The molecule has 0 spiro atoms. The first-order chi connectivity index (χ1) is 12.6. The molecule has 1 N–H and O–H groups in total. The van der Waals surface area contributed by atoms with Gasteiger partial charge in [-0.2, -0.15) is 0 Å². The van der Waals surface area contributed by atoms with Crippen LogP contribution in [0.25, 0.3) is 10.9 Å². The van der Waals surface area contributed by atoms with Crippen LogP contribution in [0.2, 0.25) is 0 Å². The molecule has 0 aliphatic heterocycles. The first kappa shape index (κ1) is 18.1. The maximum atomic E-state index is 11.9. The van der Waals surface area contributed by atoms with E-state index in [0.29, 0.717) is 12.1 Å². The molecule has 26 heavy (non-hydrogen) atoms. The minimum Gasteiger partial charge on any atom is -0.456 e. The number of fused-ring (bicyclic) bond motifs is 1. The molecule has 0 atom stereocenters. The molecule has 132 valence electrons. The van der Waals surface area contributed by atoms with Crippen molar-refractivity contribution in [3.05, 3.63) is 70.8 Å². The summed E-state index contributed by atoms with van der Waals surface area (Å²) >= 11 is 3.34. The van der Waals surface area contributed by atoms with E-state index in [9.17, 15) is 9.59 Å². The normalized spacial score (nSPS) is 10.5. The number of benzene rings is 2. The molecule has 1 amide bonds. The summed E-state index contributed by atoms with van der Waals surface area (Å²) in [6.45, 7) is -0.314. The van der Waals surface area contributed by atoms with Crippen molar-refractivity contribution in [1.29, 1.82) is 0 Å². The number of hydrogen-bond acceptors (Lipinski definition) is 4. The number of anilines is 1. The van der Waals surface area contributed by atoms with Crippen LogP contribution in [0.15, 0.2) is 65.1 Å². The minimum atomic E-state index is -0.428. The van der Waals surface area contributed by atoms with E-state index in [2.05, 4.69) is 26.2 Å². The number of rotatable bonds is 6. The number of ether oxygens (including phenoxy) is 1. The van der Waals surface area contributed by atoms with Gasteiger partial charge in [0.15, 0.2) is 6.61 Å². The van der Waals surface area contributed by atoms with Crippen LogP contribution >= 0.6 is 15.9 Å². The van der Waals surface area contributed by atoms with Gasteiger partial charge in [-0.3, -0.25) is 14.6 Å². The molecule has 5 nitrogen and oxygen atoms in total. The molecule has 3 rings (SSSR count). The van der Waals surface area contributed by atoms with E-state index < -0.39 is 5.97 Å². The summed E-state index contributed by atoms with van der Waals surface area (Å²) in [5, 5.41) is 3.74. The lowest BCUT2D eigenvalue weighted by Crippen LogP contribution is -2.21. The molecule has 0 fully saturated rings. The number of pyridine rings is 1. The summed E-state index contributed by atoms with van der Waals surface area (Å²) in [6.07, 6.45) is 0.642. The Hall–Kier alpha value is -2.73. The van der Waals surface area contributed by atoms with Gasteiger partial charge in [0.25, 0.3) is 5.91 Å². The quantitative estimate of drug-likeness (QED) is 0.618. The lowest BCUT2D eigenvalue weighted by molar-refractivity contribution is -0.147. The van der Waals surface area contributed by atoms with Crippen molar-refractivity contribution >= 4 is 44.4 Å². The SMILES string of the molecule is O=C(COC(=O)CCc1ccc2ccccc2n1)Nc1ccccc1Br. The number of amides is 1. The van der Waals surface area contributed by atoms with Gasteiger partial charge in [0.2, 0.25) is 0 Å². The van der Waals surface area contributed by atoms with Crippen LogP contribution in [0.5, 0.6) is 0 Å². The number of nitrogens with zero attached hydrogens (tertiary/aromatic N) is 1. The smallest absolute Gasteiger partial charge is 0.306 e. The van der Waals surface area contributed by atoms with E-state index in [1.807, 2.05) is 54.6 Å². The van der Waals surface area contributed by atoms with Crippen LogP contribution in [0.4, 0.5) is 5.69 Å². The molecule has 0 aliphatic rings. The predicted molar refractivity (Wildman–Crippen MR) is 104 cm³/mol. The lowest BCUT2D eigenvalue weighted by atomic mass is 10.1. The second kappa shape index (κ2) is 8.58. The van der Waals surface area contributed by atoms with Gasteiger partial charge in [0.05, 0.1) is 17.6 Å². The average molecular weight is 413 g/mol. The zero-order valence-electron chi connectivity index (χ0n) is 13.9. The van der Waals surface area contributed by atoms with Crippen LogP contribution < -0.4 is 5.32 Å². The number of nitrogens with one attached hydrogen (secondary N) is 1. The molecule has 2 aromatic carbocycles. The average Bonchev–Trinajstić information content (AvgIpc) is 2.66. The van der Waals surface area contributed by atoms with Crippen molar-refractivity contribution in [3.8, 4) is 0 Å². The van der Waals surface area contributed by atoms with Gasteiger partial charge >= 0.3 is 5.97 Å². The highest BCUT2D eigenvalue weighted by molar-refractivity contribution is 9.10. The fourth-order valence-corrected chi connectivity index (χ4v) is 2.83. The van der Waals surface area contributed by atoms with Gasteiger partial charge in [-0.25, -0.2) is 0 Å². The highest BCUT2D eigenvalue weighted by atomic mass is 79.9. The van der Waals surface area contributed by atoms with Gasteiger partial charge in [-0.05, 0) is 40.2 Å². The minimum absolute atomic E-state index is 0.174. The largest absolute Gasteiger partial charge is 0.456 e. The third-order valence-corrected chi connectivity index (χ3v) is 4.45. The maximum Gasteiger partial charge on any atom is 0.306 e. The first-order valence-electron chi connectivity index (χ1n) is 8.16. The third kappa shape index (κ3) is 4.89. The van der Waals surface area contributed by atoms with Crippen molar-refractivity contribution in [3.63, 3.8) is 0 Å². The number of esters is 1.